The third-order valence-corrected chi connectivity index (χ3v) is 5.97. The average Bonchev–Trinajstić information content (AvgIpc) is 2.56. The second-order valence-corrected chi connectivity index (χ2v) is 6.59. The van der Waals surface area contributed by atoms with E-state index in [1.807, 2.05) is 0 Å². The second kappa shape index (κ2) is 3.48. The minimum Gasteiger partial charge on any atom is -0.0811 e. The summed E-state index contributed by atoms with van der Waals surface area (Å²) in [7, 11) is 0. The standard InChI is InChI=1S/C16H24/c1-11-5-4-6-14-13(11)9-10-16(3)12(2)7-8-15(14)16/h4-6,11-13,15H,7-10H2,1-3H3/t11-,12?,13?,15?,16-/m1/s1. The number of hydrogen-bond acceptors (Lipinski definition) is 0. The maximum Gasteiger partial charge on any atom is -0.0136 e. The molecular weight excluding hydrogens is 192 g/mol. The number of rotatable bonds is 0. The van der Waals surface area contributed by atoms with E-state index in [1.54, 1.807) is 5.57 Å². The maximum absolute atomic E-state index is 2.55. The Morgan fingerprint density at radius 1 is 1.19 bits per heavy atom. The van der Waals surface area contributed by atoms with Crippen molar-refractivity contribution in [1.29, 1.82) is 0 Å². The van der Waals surface area contributed by atoms with Gasteiger partial charge in [0.15, 0.2) is 0 Å². The first-order valence-corrected chi connectivity index (χ1v) is 7.01. The largest absolute Gasteiger partial charge is 0.0811 e. The van der Waals surface area contributed by atoms with Crippen molar-refractivity contribution in [2.75, 3.05) is 0 Å². The topological polar surface area (TPSA) is 0 Å². The smallest absolute Gasteiger partial charge is 0.0136 e. The molecule has 88 valence electrons. The highest BCUT2D eigenvalue weighted by molar-refractivity contribution is 5.30. The highest BCUT2D eigenvalue weighted by Gasteiger charge is 2.50. The molecular formula is C16H24. The zero-order valence-corrected chi connectivity index (χ0v) is 10.9. The summed E-state index contributed by atoms with van der Waals surface area (Å²) >= 11 is 0. The van der Waals surface area contributed by atoms with E-state index >= 15 is 0 Å². The van der Waals surface area contributed by atoms with Crippen molar-refractivity contribution in [2.24, 2.45) is 29.1 Å². The van der Waals surface area contributed by atoms with Crippen LogP contribution in [0.4, 0.5) is 0 Å². The monoisotopic (exact) mass is 216 g/mol. The van der Waals surface area contributed by atoms with Crippen LogP contribution in [0.25, 0.3) is 0 Å². The van der Waals surface area contributed by atoms with Crippen LogP contribution in [0.3, 0.4) is 0 Å². The lowest BCUT2D eigenvalue weighted by atomic mass is 9.58. The molecule has 3 unspecified atom stereocenters. The Balaban J connectivity index is 1.97. The minimum absolute atomic E-state index is 0.618. The quantitative estimate of drug-likeness (QED) is 0.556. The first-order valence-electron chi connectivity index (χ1n) is 7.01. The molecule has 0 saturated heterocycles. The normalized spacial score (nSPS) is 50.8. The summed E-state index contributed by atoms with van der Waals surface area (Å²) in [4.78, 5) is 0. The first kappa shape index (κ1) is 10.6. The molecule has 3 aliphatic carbocycles. The van der Waals surface area contributed by atoms with Crippen LogP contribution in [0.2, 0.25) is 0 Å². The van der Waals surface area contributed by atoms with Gasteiger partial charge in [0.05, 0.1) is 0 Å². The van der Waals surface area contributed by atoms with Gasteiger partial charge in [-0.3, -0.25) is 0 Å². The van der Waals surface area contributed by atoms with Gasteiger partial charge in [0.1, 0.15) is 0 Å². The lowest BCUT2D eigenvalue weighted by Gasteiger charge is -2.47. The molecule has 0 N–H and O–H groups in total. The summed E-state index contributed by atoms with van der Waals surface area (Å²) < 4.78 is 0. The zero-order valence-electron chi connectivity index (χ0n) is 10.9. The van der Waals surface area contributed by atoms with Crippen molar-refractivity contribution >= 4 is 0 Å². The van der Waals surface area contributed by atoms with Crippen molar-refractivity contribution in [3.8, 4) is 0 Å². The molecule has 0 bridgehead atoms. The predicted molar refractivity (Wildman–Crippen MR) is 69.1 cm³/mol. The summed E-state index contributed by atoms with van der Waals surface area (Å²) in [5, 5.41) is 0. The summed E-state index contributed by atoms with van der Waals surface area (Å²) in [5.74, 6) is 3.48. The van der Waals surface area contributed by atoms with Crippen molar-refractivity contribution in [2.45, 2.75) is 46.5 Å². The molecule has 0 heteroatoms. The molecule has 2 saturated carbocycles. The summed E-state index contributed by atoms with van der Waals surface area (Å²) in [6.45, 7) is 7.42. The molecule has 3 rings (SSSR count). The third kappa shape index (κ3) is 1.28. The fourth-order valence-electron chi connectivity index (χ4n) is 4.56. The van der Waals surface area contributed by atoms with Gasteiger partial charge in [0.2, 0.25) is 0 Å². The van der Waals surface area contributed by atoms with Crippen LogP contribution in [0.5, 0.6) is 0 Å². The molecule has 0 spiro atoms. The van der Waals surface area contributed by atoms with Gasteiger partial charge in [0.25, 0.3) is 0 Å². The molecule has 0 radical (unpaired) electrons. The first-order chi connectivity index (χ1) is 7.63. The van der Waals surface area contributed by atoms with E-state index < -0.39 is 0 Å². The van der Waals surface area contributed by atoms with Crippen LogP contribution in [0, 0.1) is 29.1 Å². The molecule has 0 aliphatic heterocycles. The Hall–Kier alpha value is -0.520. The third-order valence-electron chi connectivity index (χ3n) is 5.97. The predicted octanol–water partition coefficient (Wildman–Crippen LogP) is 4.58. The fourth-order valence-corrected chi connectivity index (χ4v) is 4.56. The highest BCUT2D eigenvalue weighted by Crippen LogP contribution is 2.60. The van der Waals surface area contributed by atoms with Gasteiger partial charge in [-0.1, -0.05) is 44.6 Å². The van der Waals surface area contributed by atoms with Gasteiger partial charge in [-0.25, -0.2) is 0 Å². The minimum atomic E-state index is 0.618. The number of fused-ring (bicyclic) bond motifs is 3. The molecule has 5 atom stereocenters. The summed E-state index contributed by atoms with van der Waals surface area (Å²) in [6, 6.07) is 0. The van der Waals surface area contributed by atoms with Crippen LogP contribution in [0.1, 0.15) is 46.5 Å². The van der Waals surface area contributed by atoms with Gasteiger partial charge in [-0.15, -0.1) is 0 Å². The molecule has 0 amide bonds. The van der Waals surface area contributed by atoms with Crippen molar-refractivity contribution < 1.29 is 0 Å². The van der Waals surface area contributed by atoms with E-state index in [1.165, 1.54) is 25.7 Å². The van der Waals surface area contributed by atoms with E-state index in [9.17, 15) is 0 Å². The molecule has 0 aromatic heterocycles. The molecule has 16 heavy (non-hydrogen) atoms. The Bertz CT molecular complexity index is 349. The number of allylic oxidation sites excluding steroid dienone is 4. The summed E-state index contributed by atoms with van der Waals surface area (Å²) in [6.07, 6.45) is 12.9. The van der Waals surface area contributed by atoms with E-state index in [-0.39, 0.29) is 0 Å². The average molecular weight is 216 g/mol. The lowest BCUT2D eigenvalue weighted by Crippen LogP contribution is -2.38. The Labute approximate surface area is 99.8 Å². The van der Waals surface area contributed by atoms with E-state index in [0.717, 1.165) is 23.7 Å². The molecule has 2 fully saturated rings. The van der Waals surface area contributed by atoms with Gasteiger partial charge < -0.3 is 0 Å². The van der Waals surface area contributed by atoms with Crippen molar-refractivity contribution in [3.63, 3.8) is 0 Å². The highest BCUT2D eigenvalue weighted by atomic mass is 14.5. The molecule has 0 nitrogen and oxygen atoms in total. The zero-order chi connectivity index (χ0) is 11.3. The van der Waals surface area contributed by atoms with Crippen molar-refractivity contribution in [3.05, 3.63) is 23.8 Å². The Kier molecular flexibility index (Phi) is 2.31. The molecule has 3 aliphatic rings. The maximum atomic E-state index is 2.55. The van der Waals surface area contributed by atoms with Gasteiger partial charge in [-0.2, -0.15) is 0 Å². The van der Waals surface area contributed by atoms with E-state index in [4.69, 9.17) is 0 Å². The van der Waals surface area contributed by atoms with E-state index in [0.29, 0.717) is 5.41 Å². The molecule has 0 aromatic carbocycles. The molecule has 0 aromatic rings. The Morgan fingerprint density at radius 2 is 2.00 bits per heavy atom. The van der Waals surface area contributed by atoms with Crippen LogP contribution in [0.15, 0.2) is 23.8 Å². The summed E-state index contributed by atoms with van der Waals surface area (Å²) in [5.41, 5.74) is 2.42. The SMILES string of the molecule is CC1CCC2C3=CC=C[C@@H](C)C3CC[C@]12C. The van der Waals surface area contributed by atoms with Gasteiger partial charge >= 0.3 is 0 Å². The van der Waals surface area contributed by atoms with Crippen LogP contribution in [-0.2, 0) is 0 Å². The fraction of sp³-hybridized carbons (Fsp3) is 0.750. The van der Waals surface area contributed by atoms with Crippen LogP contribution in [-0.4, -0.2) is 0 Å². The lowest BCUT2D eigenvalue weighted by molar-refractivity contribution is 0.114. The van der Waals surface area contributed by atoms with Crippen LogP contribution >= 0.6 is 0 Å². The Morgan fingerprint density at radius 3 is 2.81 bits per heavy atom. The van der Waals surface area contributed by atoms with E-state index in [2.05, 4.69) is 39.0 Å². The molecule has 0 heterocycles. The van der Waals surface area contributed by atoms with Crippen LogP contribution < -0.4 is 0 Å². The van der Waals surface area contributed by atoms with Crippen molar-refractivity contribution in [1.82, 2.24) is 0 Å². The number of hydrogen-bond donors (Lipinski definition) is 0. The second-order valence-electron chi connectivity index (χ2n) is 6.59. The van der Waals surface area contributed by atoms with Gasteiger partial charge in [0, 0.05) is 0 Å². The van der Waals surface area contributed by atoms with Gasteiger partial charge in [-0.05, 0) is 54.8 Å².